The summed E-state index contributed by atoms with van der Waals surface area (Å²) in [6.07, 6.45) is 1.39. The highest BCUT2D eigenvalue weighted by Crippen LogP contribution is 2.29. The van der Waals surface area contributed by atoms with Gasteiger partial charge in [0.2, 0.25) is 0 Å². The maximum absolute atomic E-state index is 10.9. The van der Waals surface area contributed by atoms with Gasteiger partial charge in [0.25, 0.3) is 10.1 Å². The van der Waals surface area contributed by atoms with E-state index in [1.54, 1.807) is 0 Å². The average molecular weight is 260 g/mol. The molecule has 0 amide bonds. The Labute approximate surface area is 96.1 Å². The summed E-state index contributed by atoms with van der Waals surface area (Å²) in [5.41, 5.74) is -0.815. The van der Waals surface area contributed by atoms with Crippen LogP contribution in [0.2, 0.25) is 0 Å². The molecular weight excluding hydrogens is 252 g/mol. The lowest BCUT2D eigenvalue weighted by Crippen LogP contribution is -2.22. The summed E-state index contributed by atoms with van der Waals surface area (Å²) in [5.74, 6) is -4.47. The topological polar surface area (TPSA) is 129 Å². The lowest BCUT2D eigenvalue weighted by atomic mass is 9.89. The molecule has 0 fully saturated rings. The molecule has 1 atom stereocenters. The summed E-state index contributed by atoms with van der Waals surface area (Å²) in [6, 6.07) is 0. The van der Waals surface area contributed by atoms with Crippen molar-refractivity contribution in [3.63, 3.8) is 0 Å². The van der Waals surface area contributed by atoms with E-state index in [1.165, 1.54) is 0 Å². The van der Waals surface area contributed by atoms with Gasteiger partial charge in [0.15, 0.2) is 0 Å². The molecule has 1 unspecified atom stereocenters. The van der Waals surface area contributed by atoms with Gasteiger partial charge in [0.05, 0.1) is 10.5 Å². The summed E-state index contributed by atoms with van der Waals surface area (Å²) >= 11 is 0. The van der Waals surface area contributed by atoms with Crippen molar-refractivity contribution in [1.82, 2.24) is 0 Å². The van der Waals surface area contributed by atoms with E-state index < -0.39 is 38.5 Å². The Balaban J connectivity index is 3.42. The fourth-order valence-electron chi connectivity index (χ4n) is 1.30. The lowest BCUT2D eigenvalue weighted by molar-refractivity contribution is -0.138. The van der Waals surface area contributed by atoms with Gasteiger partial charge in [-0.3, -0.25) is 9.35 Å². The average Bonchev–Trinajstić information content (AvgIpc) is 2.14. The monoisotopic (exact) mass is 260 g/mol. The minimum absolute atomic E-state index is 0.252. The fourth-order valence-corrected chi connectivity index (χ4v) is 1.87. The van der Waals surface area contributed by atoms with E-state index in [0.29, 0.717) is 6.08 Å². The second-order valence-electron chi connectivity index (χ2n) is 3.25. The summed E-state index contributed by atoms with van der Waals surface area (Å²) in [6.45, 7) is 3.29. The third-order valence-electron chi connectivity index (χ3n) is 2.13. The molecule has 0 spiro atoms. The summed E-state index contributed by atoms with van der Waals surface area (Å²) in [4.78, 5) is 20.8. The van der Waals surface area contributed by atoms with E-state index in [0.717, 1.165) is 6.08 Å². The SMILES string of the molecule is C=C1C(C(=O)O)=CC(S(=O)(=O)O)=CC1C(=O)O. The van der Waals surface area contributed by atoms with Crippen molar-refractivity contribution >= 4 is 22.1 Å². The van der Waals surface area contributed by atoms with Crippen LogP contribution in [-0.4, -0.2) is 35.1 Å². The Bertz CT molecular complexity index is 564. The van der Waals surface area contributed by atoms with Crippen LogP contribution in [-0.2, 0) is 19.7 Å². The molecule has 0 saturated heterocycles. The zero-order valence-corrected chi connectivity index (χ0v) is 9.14. The molecule has 92 valence electrons. The van der Waals surface area contributed by atoms with Gasteiger partial charge >= 0.3 is 11.9 Å². The van der Waals surface area contributed by atoms with Crippen molar-refractivity contribution in [2.45, 2.75) is 0 Å². The normalized spacial score (nSPS) is 20.5. The van der Waals surface area contributed by atoms with Crippen molar-refractivity contribution in [3.05, 3.63) is 34.8 Å². The molecule has 1 aliphatic carbocycles. The summed E-state index contributed by atoms with van der Waals surface area (Å²) < 4.78 is 30.5. The third kappa shape index (κ3) is 2.60. The van der Waals surface area contributed by atoms with Gasteiger partial charge < -0.3 is 10.2 Å². The quantitative estimate of drug-likeness (QED) is 0.611. The third-order valence-corrected chi connectivity index (χ3v) is 2.98. The minimum atomic E-state index is -4.67. The molecule has 0 saturated carbocycles. The van der Waals surface area contributed by atoms with Gasteiger partial charge in [-0.15, -0.1) is 0 Å². The Morgan fingerprint density at radius 2 is 1.82 bits per heavy atom. The number of carbonyl (C=O) groups is 2. The number of carboxylic acid groups (broad SMARTS) is 2. The molecule has 0 aromatic heterocycles. The van der Waals surface area contributed by atoms with E-state index in [2.05, 4.69) is 6.58 Å². The number of aliphatic carboxylic acids is 2. The molecule has 7 nitrogen and oxygen atoms in total. The highest BCUT2D eigenvalue weighted by Gasteiger charge is 2.31. The predicted octanol–water partition coefficient (Wildman–Crippen LogP) is 0.0397. The Hall–Kier alpha value is -1.93. The second kappa shape index (κ2) is 4.15. The van der Waals surface area contributed by atoms with Gasteiger partial charge in [0, 0.05) is 0 Å². The van der Waals surface area contributed by atoms with Crippen LogP contribution >= 0.6 is 0 Å². The number of hydrogen-bond donors (Lipinski definition) is 3. The Morgan fingerprint density at radius 3 is 2.18 bits per heavy atom. The highest BCUT2D eigenvalue weighted by molar-refractivity contribution is 7.90. The van der Waals surface area contributed by atoms with Crippen LogP contribution in [0.15, 0.2) is 34.8 Å². The number of rotatable bonds is 3. The van der Waals surface area contributed by atoms with Crippen LogP contribution in [0.5, 0.6) is 0 Å². The van der Waals surface area contributed by atoms with Crippen molar-refractivity contribution in [2.24, 2.45) is 5.92 Å². The van der Waals surface area contributed by atoms with E-state index in [-0.39, 0.29) is 5.57 Å². The number of hydrogen-bond acceptors (Lipinski definition) is 4. The van der Waals surface area contributed by atoms with Gasteiger partial charge in [-0.2, -0.15) is 8.42 Å². The Morgan fingerprint density at radius 1 is 1.29 bits per heavy atom. The molecule has 0 bridgehead atoms. The first kappa shape index (κ1) is 13.1. The van der Waals surface area contributed by atoms with Gasteiger partial charge in [-0.1, -0.05) is 6.58 Å². The van der Waals surface area contributed by atoms with Crippen molar-refractivity contribution < 1.29 is 32.8 Å². The van der Waals surface area contributed by atoms with Crippen LogP contribution in [0.3, 0.4) is 0 Å². The van der Waals surface area contributed by atoms with E-state index >= 15 is 0 Å². The van der Waals surface area contributed by atoms with E-state index in [4.69, 9.17) is 14.8 Å². The fraction of sp³-hybridized carbons (Fsp3) is 0.111. The zero-order chi connectivity index (χ0) is 13.4. The lowest BCUT2D eigenvalue weighted by Gasteiger charge is -2.17. The molecule has 1 aliphatic rings. The zero-order valence-electron chi connectivity index (χ0n) is 8.32. The standard InChI is InChI=1S/C9H8O7S/c1-4-6(8(10)11)2-5(17(14,15)16)3-7(4)9(12)13/h2-3,6H,1H2,(H,10,11)(H,12,13)(H,14,15,16). The molecule has 17 heavy (non-hydrogen) atoms. The largest absolute Gasteiger partial charge is 0.481 e. The van der Waals surface area contributed by atoms with Crippen molar-refractivity contribution in [3.8, 4) is 0 Å². The number of allylic oxidation sites excluding steroid dienone is 1. The minimum Gasteiger partial charge on any atom is -0.481 e. The predicted molar refractivity (Wildman–Crippen MR) is 55.6 cm³/mol. The summed E-state index contributed by atoms with van der Waals surface area (Å²) in [7, 11) is -4.67. The molecule has 0 radical (unpaired) electrons. The molecular formula is C9H8O7S. The first-order chi connectivity index (χ1) is 7.64. The molecule has 0 heterocycles. The molecule has 1 rings (SSSR count). The first-order valence-electron chi connectivity index (χ1n) is 4.21. The molecule has 8 heteroatoms. The van der Waals surface area contributed by atoms with Crippen molar-refractivity contribution in [1.29, 1.82) is 0 Å². The van der Waals surface area contributed by atoms with Gasteiger partial charge in [0.1, 0.15) is 5.92 Å². The van der Waals surface area contributed by atoms with Crippen LogP contribution in [0, 0.1) is 5.92 Å². The molecule has 3 N–H and O–H groups in total. The molecule has 0 aliphatic heterocycles. The van der Waals surface area contributed by atoms with Crippen molar-refractivity contribution in [2.75, 3.05) is 0 Å². The van der Waals surface area contributed by atoms with E-state index in [1.807, 2.05) is 0 Å². The molecule has 0 aromatic carbocycles. The van der Waals surface area contributed by atoms with Crippen LogP contribution < -0.4 is 0 Å². The van der Waals surface area contributed by atoms with Gasteiger partial charge in [-0.05, 0) is 17.7 Å². The summed E-state index contributed by atoms with van der Waals surface area (Å²) in [5, 5.41) is 17.6. The first-order valence-corrected chi connectivity index (χ1v) is 5.65. The number of carboxylic acids is 2. The maximum Gasteiger partial charge on any atom is 0.336 e. The van der Waals surface area contributed by atoms with Crippen LogP contribution in [0.4, 0.5) is 0 Å². The van der Waals surface area contributed by atoms with Crippen LogP contribution in [0.25, 0.3) is 0 Å². The van der Waals surface area contributed by atoms with E-state index in [9.17, 15) is 18.0 Å². The maximum atomic E-state index is 10.9. The highest BCUT2D eigenvalue weighted by atomic mass is 32.2. The van der Waals surface area contributed by atoms with Gasteiger partial charge in [-0.25, -0.2) is 4.79 Å². The second-order valence-corrected chi connectivity index (χ2v) is 4.67. The van der Waals surface area contributed by atoms with Crippen LogP contribution in [0.1, 0.15) is 0 Å². The Kier molecular flexibility index (Phi) is 3.21. The molecule has 0 aromatic rings. The smallest absolute Gasteiger partial charge is 0.336 e.